The highest BCUT2D eigenvalue weighted by atomic mass is 16.5. The molecule has 0 spiro atoms. The Bertz CT molecular complexity index is 514. The molecule has 2 rings (SSSR count). The Morgan fingerprint density at radius 3 is 2.26 bits per heavy atom. The van der Waals surface area contributed by atoms with Crippen LogP contribution in [0, 0.1) is 0 Å². The highest BCUT2D eigenvalue weighted by Gasteiger charge is 2.35. The van der Waals surface area contributed by atoms with E-state index in [0.29, 0.717) is 0 Å². The predicted molar refractivity (Wildman–Crippen MR) is 90.9 cm³/mol. The van der Waals surface area contributed by atoms with Gasteiger partial charge in [0, 0.05) is 31.2 Å². The van der Waals surface area contributed by atoms with Gasteiger partial charge in [0.15, 0.2) is 0 Å². The van der Waals surface area contributed by atoms with Crippen LogP contribution < -0.4 is 4.74 Å². The van der Waals surface area contributed by atoms with Crippen molar-refractivity contribution in [3.8, 4) is 5.75 Å². The van der Waals surface area contributed by atoms with Gasteiger partial charge in [-0.05, 0) is 51.3 Å². The SMILES string of the molecule is COc1ccc(CN2CCC(N(C(=O)O)C(C)(C)C)CC2)cc1. The minimum absolute atomic E-state index is 0.111. The molecular weight excluding hydrogens is 292 g/mol. The van der Waals surface area contributed by atoms with Crippen molar-refractivity contribution in [2.45, 2.75) is 51.7 Å². The molecule has 0 unspecified atom stereocenters. The third-order valence-corrected chi connectivity index (χ3v) is 4.42. The Kier molecular flexibility index (Phi) is 5.52. The van der Waals surface area contributed by atoms with Gasteiger partial charge in [-0.1, -0.05) is 12.1 Å². The molecule has 1 N–H and O–H groups in total. The number of hydrogen-bond donors (Lipinski definition) is 1. The third-order valence-electron chi connectivity index (χ3n) is 4.42. The fourth-order valence-corrected chi connectivity index (χ4v) is 3.32. The summed E-state index contributed by atoms with van der Waals surface area (Å²) in [4.78, 5) is 15.6. The predicted octanol–water partition coefficient (Wildman–Crippen LogP) is 3.44. The zero-order valence-electron chi connectivity index (χ0n) is 14.6. The molecule has 1 aromatic rings. The summed E-state index contributed by atoms with van der Waals surface area (Å²) in [6, 6.07) is 8.24. The maximum Gasteiger partial charge on any atom is 0.407 e. The Morgan fingerprint density at radius 1 is 1.26 bits per heavy atom. The van der Waals surface area contributed by atoms with Crippen LogP contribution in [0.4, 0.5) is 4.79 Å². The van der Waals surface area contributed by atoms with Crippen molar-refractivity contribution in [1.29, 1.82) is 0 Å². The van der Waals surface area contributed by atoms with Gasteiger partial charge < -0.3 is 14.7 Å². The van der Waals surface area contributed by atoms with E-state index < -0.39 is 6.09 Å². The topological polar surface area (TPSA) is 53.0 Å². The molecule has 1 amide bonds. The summed E-state index contributed by atoms with van der Waals surface area (Å²) >= 11 is 0. The van der Waals surface area contributed by atoms with Gasteiger partial charge >= 0.3 is 6.09 Å². The molecule has 5 heteroatoms. The van der Waals surface area contributed by atoms with Gasteiger partial charge in [-0.3, -0.25) is 4.90 Å². The number of amides is 1. The lowest BCUT2D eigenvalue weighted by Gasteiger charge is -2.43. The van der Waals surface area contributed by atoms with Crippen LogP contribution in [0.15, 0.2) is 24.3 Å². The van der Waals surface area contributed by atoms with Crippen molar-refractivity contribution in [2.75, 3.05) is 20.2 Å². The zero-order chi connectivity index (χ0) is 17.0. The molecule has 1 fully saturated rings. The number of methoxy groups -OCH3 is 1. The summed E-state index contributed by atoms with van der Waals surface area (Å²) < 4.78 is 5.18. The number of rotatable bonds is 4. The number of carboxylic acid groups (broad SMARTS) is 1. The van der Waals surface area contributed by atoms with Crippen LogP contribution >= 0.6 is 0 Å². The number of ether oxygens (including phenoxy) is 1. The Morgan fingerprint density at radius 2 is 1.83 bits per heavy atom. The van der Waals surface area contributed by atoms with Crippen LogP contribution in [-0.4, -0.2) is 52.8 Å². The average Bonchev–Trinajstić information content (AvgIpc) is 2.48. The number of likely N-dealkylation sites (tertiary alicyclic amines) is 1. The molecule has 0 aromatic heterocycles. The lowest BCUT2D eigenvalue weighted by molar-refractivity contribution is 0.0408. The third kappa shape index (κ3) is 4.61. The van der Waals surface area contributed by atoms with Crippen molar-refractivity contribution < 1.29 is 14.6 Å². The average molecular weight is 320 g/mol. The molecule has 0 saturated carbocycles. The number of piperidine rings is 1. The van der Waals surface area contributed by atoms with Crippen LogP contribution in [0.1, 0.15) is 39.2 Å². The first-order valence-electron chi connectivity index (χ1n) is 8.19. The highest BCUT2D eigenvalue weighted by molar-refractivity contribution is 5.66. The van der Waals surface area contributed by atoms with Crippen molar-refractivity contribution in [3.63, 3.8) is 0 Å². The van der Waals surface area contributed by atoms with E-state index in [4.69, 9.17) is 4.74 Å². The molecule has 1 saturated heterocycles. The summed E-state index contributed by atoms with van der Waals surface area (Å²) in [6.45, 7) is 8.65. The first kappa shape index (κ1) is 17.6. The molecule has 23 heavy (non-hydrogen) atoms. The summed E-state index contributed by atoms with van der Waals surface area (Å²) in [7, 11) is 1.67. The lowest BCUT2D eigenvalue weighted by atomic mass is 9.96. The van der Waals surface area contributed by atoms with E-state index in [0.717, 1.165) is 38.2 Å². The number of nitrogens with zero attached hydrogens (tertiary/aromatic N) is 2. The molecule has 0 atom stereocenters. The van der Waals surface area contributed by atoms with E-state index in [1.165, 1.54) is 5.56 Å². The number of benzene rings is 1. The minimum Gasteiger partial charge on any atom is -0.497 e. The maximum absolute atomic E-state index is 11.6. The van der Waals surface area contributed by atoms with E-state index in [1.807, 2.05) is 32.9 Å². The Hall–Kier alpha value is -1.75. The van der Waals surface area contributed by atoms with Gasteiger partial charge in [0.05, 0.1) is 7.11 Å². The molecule has 128 valence electrons. The molecule has 1 heterocycles. The van der Waals surface area contributed by atoms with E-state index in [2.05, 4.69) is 17.0 Å². The number of hydrogen-bond acceptors (Lipinski definition) is 3. The van der Waals surface area contributed by atoms with Gasteiger partial charge in [0.25, 0.3) is 0 Å². The minimum atomic E-state index is -0.814. The molecule has 0 bridgehead atoms. The smallest absolute Gasteiger partial charge is 0.407 e. The monoisotopic (exact) mass is 320 g/mol. The van der Waals surface area contributed by atoms with Crippen LogP contribution in [0.5, 0.6) is 5.75 Å². The first-order valence-corrected chi connectivity index (χ1v) is 8.19. The second-order valence-electron chi connectivity index (χ2n) is 7.18. The fraction of sp³-hybridized carbons (Fsp3) is 0.611. The van der Waals surface area contributed by atoms with Crippen LogP contribution in [-0.2, 0) is 6.54 Å². The largest absolute Gasteiger partial charge is 0.497 e. The second-order valence-corrected chi connectivity index (χ2v) is 7.18. The molecule has 5 nitrogen and oxygen atoms in total. The van der Waals surface area contributed by atoms with Gasteiger partial charge in [0.2, 0.25) is 0 Å². The van der Waals surface area contributed by atoms with Crippen molar-refractivity contribution >= 4 is 6.09 Å². The Balaban J connectivity index is 1.91. The molecule has 1 aliphatic heterocycles. The van der Waals surface area contributed by atoms with Crippen molar-refractivity contribution in [2.24, 2.45) is 0 Å². The standard InChI is InChI=1S/C18H28N2O3/c1-18(2,3)20(17(21)22)15-9-11-19(12-10-15)13-14-5-7-16(23-4)8-6-14/h5-8,15H,9-13H2,1-4H3,(H,21,22). The summed E-state index contributed by atoms with van der Waals surface area (Å²) in [5, 5.41) is 9.51. The molecule has 1 aliphatic rings. The van der Waals surface area contributed by atoms with E-state index in [1.54, 1.807) is 12.0 Å². The summed E-state index contributed by atoms with van der Waals surface area (Å²) in [6.07, 6.45) is 0.963. The summed E-state index contributed by atoms with van der Waals surface area (Å²) in [5.74, 6) is 0.870. The quantitative estimate of drug-likeness (QED) is 0.923. The molecule has 0 aliphatic carbocycles. The summed E-state index contributed by atoms with van der Waals surface area (Å²) in [5.41, 5.74) is 0.907. The highest BCUT2D eigenvalue weighted by Crippen LogP contribution is 2.25. The van der Waals surface area contributed by atoms with Gasteiger partial charge in [-0.15, -0.1) is 0 Å². The van der Waals surface area contributed by atoms with Gasteiger partial charge in [0.1, 0.15) is 5.75 Å². The van der Waals surface area contributed by atoms with Crippen LogP contribution in [0.2, 0.25) is 0 Å². The molecule has 1 aromatic carbocycles. The number of carbonyl (C=O) groups is 1. The van der Waals surface area contributed by atoms with E-state index in [9.17, 15) is 9.90 Å². The van der Waals surface area contributed by atoms with Gasteiger partial charge in [-0.2, -0.15) is 0 Å². The fourth-order valence-electron chi connectivity index (χ4n) is 3.32. The molecule has 0 radical (unpaired) electrons. The normalized spacial score (nSPS) is 17.0. The zero-order valence-corrected chi connectivity index (χ0v) is 14.6. The van der Waals surface area contributed by atoms with E-state index in [-0.39, 0.29) is 11.6 Å². The first-order chi connectivity index (χ1) is 10.8. The maximum atomic E-state index is 11.6. The lowest BCUT2D eigenvalue weighted by Crippen LogP contribution is -2.54. The van der Waals surface area contributed by atoms with Crippen LogP contribution in [0.3, 0.4) is 0 Å². The second kappa shape index (κ2) is 7.21. The Labute approximate surface area is 138 Å². The van der Waals surface area contributed by atoms with Gasteiger partial charge in [-0.25, -0.2) is 4.79 Å². The van der Waals surface area contributed by atoms with Crippen molar-refractivity contribution in [1.82, 2.24) is 9.80 Å². The van der Waals surface area contributed by atoms with E-state index >= 15 is 0 Å². The van der Waals surface area contributed by atoms with Crippen LogP contribution in [0.25, 0.3) is 0 Å². The molecular formula is C18H28N2O3. The van der Waals surface area contributed by atoms with Crippen molar-refractivity contribution in [3.05, 3.63) is 29.8 Å².